The Bertz CT molecular complexity index is 330. The summed E-state index contributed by atoms with van der Waals surface area (Å²) in [5.41, 5.74) is 0.294. The van der Waals surface area contributed by atoms with Crippen LogP contribution < -0.4 is 0 Å². The molecule has 0 saturated heterocycles. The van der Waals surface area contributed by atoms with Crippen molar-refractivity contribution < 1.29 is 22.8 Å². The van der Waals surface area contributed by atoms with Crippen LogP contribution in [0.1, 0.15) is 5.56 Å². The molecule has 0 heterocycles. The van der Waals surface area contributed by atoms with E-state index in [1.807, 2.05) is 0 Å². The summed E-state index contributed by atoms with van der Waals surface area (Å²) in [6.45, 7) is 0. The predicted molar refractivity (Wildman–Crippen MR) is 47.3 cm³/mol. The van der Waals surface area contributed by atoms with Gasteiger partial charge in [0.25, 0.3) is 0 Å². The lowest BCUT2D eigenvalue weighted by Crippen LogP contribution is -2.40. The third kappa shape index (κ3) is 2.84. The molecule has 0 atom stereocenters. The maximum Gasteiger partial charge on any atom is 0.499 e. The van der Waals surface area contributed by atoms with Gasteiger partial charge in [-0.15, -0.1) is 0 Å². The van der Waals surface area contributed by atoms with Crippen LogP contribution in [-0.4, -0.2) is 25.5 Å². The molecule has 0 saturated carbocycles. The molecule has 1 rings (SSSR count). The monoisotopic (exact) mass is 220 g/mol. The molecular weight excluding hydrogens is 210 g/mol. The highest BCUT2D eigenvalue weighted by Gasteiger charge is 2.31. The van der Waals surface area contributed by atoms with Crippen molar-refractivity contribution in [2.75, 3.05) is 7.11 Å². The maximum absolute atomic E-state index is 12.7. The molecule has 0 radical (unpaired) electrons. The van der Waals surface area contributed by atoms with E-state index in [1.165, 1.54) is 6.07 Å². The van der Waals surface area contributed by atoms with E-state index < -0.39 is 20.4 Å². The zero-order valence-corrected chi connectivity index (χ0v) is 8.50. The van der Waals surface area contributed by atoms with Crippen LogP contribution in [0.4, 0.5) is 8.78 Å². The summed E-state index contributed by atoms with van der Waals surface area (Å²) in [6.07, 6.45) is 0. The van der Waals surface area contributed by atoms with E-state index in [4.69, 9.17) is 0 Å². The summed E-state index contributed by atoms with van der Waals surface area (Å²) in [4.78, 5) is 18.4. The van der Waals surface area contributed by atoms with Gasteiger partial charge in [-0.25, -0.2) is 8.78 Å². The second-order valence-electron chi connectivity index (χ2n) is 2.87. The number of hydrogen-bond donors (Lipinski definition) is 2. The van der Waals surface area contributed by atoms with Gasteiger partial charge in [-0.05, 0) is 17.7 Å². The predicted octanol–water partition coefficient (Wildman–Crippen LogP) is 0.616. The van der Waals surface area contributed by atoms with Crippen LogP contribution in [0.3, 0.4) is 0 Å². The molecule has 0 aliphatic heterocycles. The van der Waals surface area contributed by atoms with Crippen molar-refractivity contribution in [3.8, 4) is 0 Å². The second-order valence-corrected chi connectivity index (χ2v) is 5.12. The standard InChI is InChI=1S/C8H10F2O3Si/c1-13-14(11,12)5-6-2-3-7(9)8(10)4-6/h2-4,11-12H,5H2,1H3. The van der Waals surface area contributed by atoms with Gasteiger partial charge in [0.1, 0.15) is 0 Å². The largest absolute Gasteiger partial charge is 0.499 e. The van der Waals surface area contributed by atoms with E-state index in [2.05, 4.69) is 4.43 Å². The van der Waals surface area contributed by atoms with Crippen molar-refractivity contribution in [2.24, 2.45) is 0 Å². The molecule has 0 amide bonds. The number of hydrogen-bond acceptors (Lipinski definition) is 3. The third-order valence-corrected chi connectivity index (χ3v) is 3.27. The minimum absolute atomic E-state index is 0.194. The second kappa shape index (κ2) is 4.14. The van der Waals surface area contributed by atoms with Crippen molar-refractivity contribution in [3.63, 3.8) is 0 Å². The molecule has 0 bridgehead atoms. The Kier molecular flexibility index (Phi) is 3.32. The Labute approximate surface area is 80.9 Å². The van der Waals surface area contributed by atoms with E-state index in [-0.39, 0.29) is 6.04 Å². The quantitative estimate of drug-likeness (QED) is 0.734. The van der Waals surface area contributed by atoms with Gasteiger partial charge in [-0.2, -0.15) is 0 Å². The summed E-state index contributed by atoms with van der Waals surface area (Å²) in [6, 6.07) is 2.94. The highest BCUT2D eigenvalue weighted by Crippen LogP contribution is 2.12. The van der Waals surface area contributed by atoms with Gasteiger partial charge in [-0.3, -0.25) is 0 Å². The summed E-state index contributed by atoms with van der Waals surface area (Å²) in [5.74, 6) is -1.97. The highest BCUT2D eigenvalue weighted by molar-refractivity contribution is 6.57. The minimum atomic E-state index is -3.75. The average molecular weight is 220 g/mol. The average Bonchev–Trinajstić information content (AvgIpc) is 2.11. The number of benzene rings is 1. The number of halogens is 2. The van der Waals surface area contributed by atoms with E-state index in [1.54, 1.807) is 0 Å². The lowest BCUT2D eigenvalue weighted by atomic mass is 10.2. The first kappa shape index (κ1) is 11.3. The number of rotatable bonds is 3. The van der Waals surface area contributed by atoms with Crippen molar-refractivity contribution >= 4 is 8.80 Å². The van der Waals surface area contributed by atoms with E-state index in [0.717, 1.165) is 19.2 Å². The van der Waals surface area contributed by atoms with Gasteiger partial charge in [0.2, 0.25) is 0 Å². The molecular formula is C8H10F2O3Si. The smallest absolute Gasteiger partial charge is 0.390 e. The Morgan fingerprint density at radius 3 is 2.43 bits per heavy atom. The molecule has 1 aromatic rings. The fourth-order valence-corrected chi connectivity index (χ4v) is 1.88. The van der Waals surface area contributed by atoms with Crippen LogP contribution in [0.5, 0.6) is 0 Å². The lowest BCUT2D eigenvalue weighted by Gasteiger charge is -2.14. The van der Waals surface area contributed by atoms with Crippen molar-refractivity contribution in [2.45, 2.75) is 6.04 Å². The Morgan fingerprint density at radius 2 is 1.93 bits per heavy atom. The Balaban J connectivity index is 2.83. The van der Waals surface area contributed by atoms with Gasteiger partial charge < -0.3 is 14.0 Å². The third-order valence-electron chi connectivity index (χ3n) is 1.75. The topological polar surface area (TPSA) is 49.7 Å². The summed E-state index contributed by atoms with van der Waals surface area (Å²) < 4.78 is 29.6. The minimum Gasteiger partial charge on any atom is -0.390 e. The first-order valence-electron chi connectivity index (χ1n) is 3.88. The molecule has 6 heteroatoms. The molecule has 2 N–H and O–H groups in total. The first-order chi connectivity index (χ1) is 6.44. The van der Waals surface area contributed by atoms with Crippen LogP contribution in [0.15, 0.2) is 18.2 Å². The van der Waals surface area contributed by atoms with Crippen molar-refractivity contribution in [1.29, 1.82) is 0 Å². The lowest BCUT2D eigenvalue weighted by molar-refractivity contribution is 0.184. The molecule has 0 unspecified atom stereocenters. The van der Waals surface area contributed by atoms with Gasteiger partial charge in [0.05, 0.1) is 0 Å². The van der Waals surface area contributed by atoms with Gasteiger partial charge in [0.15, 0.2) is 11.6 Å². The zero-order chi connectivity index (χ0) is 10.8. The van der Waals surface area contributed by atoms with Crippen LogP contribution in [-0.2, 0) is 10.5 Å². The molecule has 0 fully saturated rings. The zero-order valence-electron chi connectivity index (χ0n) is 7.50. The van der Waals surface area contributed by atoms with Crippen molar-refractivity contribution in [1.82, 2.24) is 0 Å². The Hall–Kier alpha value is -0.823. The Morgan fingerprint density at radius 1 is 1.29 bits per heavy atom. The van der Waals surface area contributed by atoms with E-state index >= 15 is 0 Å². The molecule has 78 valence electrons. The molecule has 1 aromatic carbocycles. The van der Waals surface area contributed by atoms with Crippen molar-refractivity contribution in [3.05, 3.63) is 35.4 Å². The van der Waals surface area contributed by atoms with Crippen LogP contribution in [0.2, 0.25) is 0 Å². The fraction of sp³-hybridized carbons (Fsp3) is 0.250. The fourth-order valence-electron chi connectivity index (χ4n) is 0.988. The summed E-state index contributed by atoms with van der Waals surface area (Å²) in [7, 11) is -2.59. The van der Waals surface area contributed by atoms with E-state index in [0.29, 0.717) is 5.56 Å². The van der Waals surface area contributed by atoms with Gasteiger partial charge in [-0.1, -0.05) is 6.07 Å². The maximum atomic E-state index is 12.7. The molecule has 0 aromatic heterocycles. The molecule has 14 heavy (non-hydrogen) atoms. The van der Waals surface area contributed by atoms with Crippen LogP contribution in [0, 0.1) is 11.6 Å². The molecule has 0 aliphatic carbocycles. The van der Waals surface area contributed by atoms with Crippen LogP contribution in [0.25, 0.3) is 0 Å². The summed E-state index contributed by atoms with van der Waals surface area (Å²) >= 11 is 0. The molecule has 3 nitrogen and oxygen atoms in total. The normalized spacial score (nSPS) is 11.8. The van der Waals surface area contributed by atoms with E-state index in [9.17, 15) is 18.4 Å². The van der Waals surface area contributed by atoms with Gasteiger partial charge >= 0.3 is 8.80 Å². The van der Waals surface area contributed by atoms with Gasteiger partial charge in [0, 0.05) is 13.2 Å². The SMILES string of the molecule is CO[Si](O)(O)Cc1ccc(F)c(F)c1. The first-order valence-corrected chi connectivity index (χ1v) is 5.89. The molecule has 0 spiro atoms. The van der Waals surface area contributed by atoms with Crippen LogP contribution >= 0.6 is 0 Å². The molecule has 0 aliphatic rings. The summed E-state index contributed by atoms with van der Waals surface area (Å²) in [5, 5.41) is 0. The highest BCUT2D eigenvalue weighted by atomic mass is 28.4.